The van der Waals surface area contributed by atoms with Crippen molar-refractivity contribution < 1.29 is 19.0 Å². The van der Waals surface area contributed by atoms with Crippen LogP contribution in [0.3, 0.4) is 0 Å². The van der Waals surface area contributed by atoms with E-state index >= 15 is 0 Å². The van der Waals surface area contributed by atoms with Gasteiger partial charge in [0.05, 0.1) is 27.0 Å². The minimum Gasteiger partial charge on any atom is -0.497 e. The van der Waals surface area contributed by atoms with Gasteiger partial charge in [-0.15, -0.1) is 0 Å². The predicted molar refractivity (Wildman–Crippen MR) is 87.6 cm³/mol. The van der Waals surface area contributed by atoms with Crippen LogP contribution in [-0.2, 0) is 4.79 Å². The number of carbonyl (C=O) groups excluding carboxylic acids is 1. The van der Waals surface area contributed by atoms with Gasteiger partial charge in [0.2, 0.25) is 5.91 Å². The number of benzene rings is 2. The number of hydrogen-bond acceptors (Lipinski definition) is 4. The molecule has 23 heavy (non-hydrogen) atoms. The summed E-state index contributed by atoms with van der Waals surface area (Å²) in [5.74, 6) is 2.00. The van der Waals surface area contributed by atoms with Crippen LogP contribution in [0.5, 0.6) is 17.2 Å². The molecule has 1 N–H and O–H groups in total. The number of carbonyl (C=O) groups is 1. The Hall–Kier alpha value is -2.69. The molecule has 2 aromatic rings. The lowest BCUT2D eigenvalue weighted by molar-refractivity contribution is -0.116. The van der Waals surface area contributed by atoms with Crippen LogP contribution in [0, 0.1) is 0 Å². The summed E-state index contributed by atoms with van der Waals surface area (Å²) in [6.07, 6.45) is 0.364. The number of nitrogens with one attached hydrogen (secondary N) is 1. The molecule has 0 fully saturated rings. The second-order valence-electron chi connectivity index (χ2n) is 5.37. The van der Waals surface area contributed by atoms with Gasteiger partial charge in [-0.05, 0) is 17.7 Å². The van der Waals surface area contributed by atoms with E-state index < -0.39 is 0 Å². The zero-order valence-electron chi connectivity index (χ0n) is 13.4. The monoisotopic (exact) mass is 313 g/mol. The van der Waals surface area contributed by atoms with E-state index in [2.05, 4.69) is 5.32 Å². The molecule has 0 saturated carbocycles. The minimum atomic E-state index is -0.0882. The smallest absolute Gasteiger partial charge is 0.225 e. The Morgan fingerprint density at radius 1 is 1.00 bits per heavy atom. The molecular weight excluding hydrogens is 294 g/mol. The number of amides is 1. The lowest BCUT2D eigenvalue weighted by atomic mass is 9.84. The summed E-state index contributed by atoms with van der Waals surface area (Å²) in [4.78, 5) is 12.1. The van der Waals surface area contributed by atoms with Crippen LogP contribution in [-0.4, -0.2) is 27.2 Å². The highest BCUT2D eigenvalue weighted by Crippen LogP contribution is 2.45. The van der Waals surface area contributed by atoms with Gasteiger partial charge in [-0.2, -0.15) is 0 Å². The molecule has 0 saturated heterocycles. The first-order valence-corrected chi connectivity index (χ1v) is 7.36. The SMILES string of the molecule is COc1cccc([C@@H]2CC(=O)Nc3cc(OC)cc(OC)c32)c1. The van der Waals surface area contributed by atoms with Crippen LogP contribution < -0.4 is 19.5 Å². The first kappa shape index (κ1) is 15.2. The number of methoxy groups -OCH3 is 3. The molecule has 0 aliphatic carbocycles. The average molecular weight is 313 g/mol. The fraction of sp³-hybridized carbons (Fsp3) is 0.278. The molecule has 1 atom stereocenters. The third-order valence-corrected chi connectivity index (χ3v) is 4.08. The second-order valence-corrected chi connectivity index (χ2v) is 5.37. The maximum absolute atomic E-state index is 12.1. The summed E-state index contributed by atoms with van der Waals surface area (Å²) in [6.45, 7) is 0. The summed E-state index contributed by atoms with van der Waals surface area (Å²) in [7, 11) is 4.84. The number of fused-ring (bicyclic) bond motifs is 1. The van der Waals surface area contributed by atoms with Crippen molar-refractivity contribution in [3.05, 3.63) is 47.5 Å². The van der Waals surface area contributed by atoms with Crippen LogP contribution >= 0.6 is 0 Å². The molecule has 2 aromatic carbocycles. The van der Waals surface area contributed by atoms with Gasteiger partial charge in [0, 0.05) is 30.0 Å². The van der Waals surface area contributed by atoms with Gasteiger partial charge < -0.3 is 19.5 Å². The maximum atomic E-state index is 12.1. The minimum absolute atomic E-state index is 0.0272. The molecule has 0 radical (unpaired) electrons. The summed E-state index contributed by atoms with van der Waals surface area (Å²) < 4.78 is 16.1. The highest BCUT2D eigenvalue weighted by molar-refractivity contribution is 5.96. The Labute approximate surface area is 135 Å². The van der Waals surface area contributed by atoms with Crippen molar-refractivity contribution in [1.29, 1.82) is 0 Å². The van der Waals surface area contributed by atoms with Crippen molar-refractivity contribution in [2.75, 3.05) is 26.6 Å². The molecule has 1 aliphatic heterocycles. The van der Waals surface area contributed by atoms with Crippen molar-refractivity contribution in [1.82, 2.24) is 0 Å². The van der Waals surface area contributed by atoms with Crippen LogP contribution in [0.15, 0.2) is 36.4 Å². The molecular formula is C18H19NO4. The predicted octanol–water partition coefficient (Wildman–Crippen LogP) is 3.19. The zero-order chi connectivity index (χ0) is 16.4. The Balaban J connectivity index is 2.15. The van der Waals surface area contributed by atoms with Gasteiger partial charge in [-0.25, -0.2) is 0 Å². The first-order valence-electron chi connectivity index (χ1n) is 7.36. The third-order valence-electron chi connectivity index (χ3n) is 4.08. The average Bonchev–Trinajstić information content (AvgIpc) is 2.59. The van der Waals surface area contributed by atoms with Crippen LogP contribution in [0.4, 0.5) is 5.69 Å². The Morgan fingerprint density at radius 3 is 2.48 bits per heavy atom. The number of anilines is 1. The number of rotatable bonds is 4. The van der Waals surface area contributed by atoms with Gasteiger partial charge in [0.25, 0.3) is 0 Å². The first-order chi connectivity index (χ1) is 11.2. The van der Waals surface area contributed by atoms with E-state index in [0.717, 1.165) is 22.6 Å². The molecule has 0 spiro atoms. The summed E-state index contributed by atoms with van der Waals surface area (Å²) in [5.41, 5.74) is 2.70. The summed E-state index contributed by atoms with van der Waals surface area (Å²) >= 11 is 0. The van der Waals surface area contributed by atoms with Crippen molar-refractivity contribution in [2.45, 2.75) is 12.3 Å². The fourth-order valence-corrected chi connectivity index (χ4v) is 2.98. The maximum Gasteiger partial charge on any atom is 0.225 e. The van der Waals surface area contributed by atoms with Crippen LogP contribution in [0.2, 0.25) is 0 Å². The van der Waals surface area contributed by atoms with Crippen molar-refractivity contribution in [2.24, 2.45) is 0 Å². The molecule has 1 amide bonds. The molecule has 0 bridgehead atoms. The van der Waals surface area contributed by atoms with Crippen molar-refractivity contribution in [3.8, 4) is 17.2 Å². The Kier molecular flexibility index (Phi) is 4.10. The molecule has 120 valence electrons. The normalized spacial score (nSPS) is 16.3. The van der Waals surface area contributed by atoms with Crippen LogP contribution in [0.1, 0.15) is 23.5 Å². The van der Waals surface area contributed by atoms with E-state index in [9.17, 15) is 4.79 Å². The van der Waals surface area contributed by atoms with E-state index in [4.69, 9.17) is 14.2 Å². The third kappa shape index (κ3) is 2.82. The van der Waals surface area contributed by atoms with E-state index in [-0.39, 0.29) is 11.8 Å². The number of hydrogen-bond donors (Lipinski definition) is 1. The topological polar surface area (TPSA) is 56.8 Å². The van der Waals surface area contributed by atoms with Gasteiger partial charge in [-0.1, -0.05) is 12.1 Å². The van der Waals surface area contributed by atoms with Crippen molar-refractivity contribution >= 4 is 11.6 Å². The molecule has 5 nitrogen and oxygen atoms in total. The van der Waals surface area contributed by atoms with E-state index in [1.807, 2.05) is 36.4 Å². The second kappa shape index (κ2) is 6.20. The van der Waals surface area contributed by atoms with Gasteiger partial charge in [-0.3, -0.25) is 4.79 Å². The molecule has 1 heterocycles. The molecule has 3 rings (SSSR count). The standard InChI is InChI=1S/C18H19NO4/c1-21-12-6-4-5-11(7-12)14-10-17(20)19-15-8-13(22-2)9-16(23-3)18(14)15/h4-9,14H,10H2,1-3H3,(H,19,20)/t14-/m0/s1. The largest absolute Gasteiger partial charge is 0.497 e. The van der Waals surface area contributed by atoms with E-state index in [1.54, 1.807) is 21.3 Å². The van der Waals surface area contributed by atoms with Gasteiger partial charge in [0.15, 0.2) is 0 Å². The zero-order valence-corrected chi connectivity index (χ0v) is 13.4. The van der Waals surface area contributed by atoms with Gasteiger partial charge >= 0.3 is 0 Å². The Bertz CT molecular complexity index is 742. The summed E-state index contributed by atoms with van der Waals surface area (Å²) in [6, 6.07) is 11.4. The van der Waals surface area contributed by atoms with Crippen molar-refractivity contribution in [3.63, 3.8) is 0 Å². The lowest BCUT2D eigenvalue weighted by Crippen LogP contribution is -2.24. The van der Waals surface area contributed by atoms with Crippen LogP contribution in [0.25, 0.3) is 0 Å². The molecule has 5 heteroatoms. The van der Waals surface area contributed by atoms with E-state index in [0.29, 0.717) is 17.9 Å². The molecule has 1 aliphatic rings. The van der Waals surface area contributed by atoms with Gasteiger partial charge in [0.1, 0.15) is 17.2 Å². The highest BCUT2D eigenvalue weighted by atomic mass is 16.5. The fourth-order valence-electron chi connectivity index (χ4n) is 2.98. The number of ether oxygens (including phenoxy) is 3. The molecule has 0 aromatic heterocycles. The Morgan fingerprint density at radius 2 is 1.78 bits per heavy atom. The quantitative estimate of drug-likeness (QED) is 0.942. The molecule has 0 unspecified atom stereocenters. The highest BCUT2D eigenvalue weighted by Gasteiger charge is 2.30. The lowest BCUT2D eigenvalue weighted by Gasteiger charge is -2.28. The van der Waals surface area contributed by atoms with E-state index in [1.165, 1.54) is 0 Å². The summed E-state index contributed by atoms with van der Waals surface area (Å²) in [5, 5.41) is 2.91.